The van der Waals surface area contributed by atoms with Gasteiger partial charge in [-0.15, -0.1) is 0 Å². The molecular weight excluding hydrogens is 336 g/mol. The van der Waals surface area contributed by atoms with E-state index in [0.29, 0.717) is 5.02 Å². The van der Waals surface area contributed by atoms with Crippen molar-refractivity contribution in [2.45, 2.75) is 12.5 Å². The summed E-state index contributed by atoms with van der Waals surface area (Å²) in [5.74, 6) is -0.941. The third-order valence-corrected chi connectivity index (χ3v) is 3.76. The van der Waals surface area contributed by atoms with Crippen molar-refractivity contribution in [2.75, 3.05) is 0 Å². The van der Waals surface area contributed by atoms with E-state index in [1.165, 1.54) is 0 Å². The van der Waals surface area contributed by atoms with Crippen LogP contribution in [-0.4, -0.2) is 0 Å². The average Bonchev–Trinajstić information content (AvgIpc) is 2.36. The minimum absolute atomic E-state index is 0.197. The summed E-state index contributed by atoms with van der Waals surface area (Å²) in [4.78, 5) is 0. The normalized spacial score (nSPS) is 12.5. The van der Waals surface area contributed by atoms with Crippen LogP contribution in [0, 0.1) is 11.6 Å². The maximum atomic E-state index is 13.6. The van der Waals surface area contributed by atoms with E-state index in [2.05, 4.69) is 15.9 Å². The minimum atomic E-state index is -0.478. The highest BCUT2D eigenvalue weighted by molar-refractivity contribution is 9.10. The summed E-state index contributed by atoms with van der Waals surface area (Å²) in [6, 6.07) is 8.10. The smallest absolute Gasteiger partial charge is 0.126 e. The molecule has 0 aliphatic rings. The molecular formula is C14H11BrClF2N. The van der Waals surface area contributed by atoms with Crippen LogP contribution in [0.15, 0.2) is 40.9 Å². The predicted octanol–water partition coefficient (Wildman–Crippen LogP) is 4.62. The van der Waals surface area contributed by atoms with Gasteiger partial charge in [0.2, 0.25) is 0 Å². The predicted molar refractivity (Wildman–Crippen MR) is 76.1 cm³/mol. The van der Waals surface area contributed by atoms with Gasteiger partial charge in [-0.2, -0.15) is 0 Å². The third kappa shape index (κ3) is 3.53. The van der Waals surface area contributed by atoms with Gasteiger partial charge in [-0.25, -0.2) is 8.78 Å². The molecule has 0 aromatic heterocycles. The molecule has 2 aromatic carbocycles. The van der Waals surface area contributed by atoms with Crippen LogP contribution in [0.3, 0.4) is 0 Å². The summed E-state index contributed by atoms with van der Waals surface area (Å²) in [7, 11) is 0. The Balaban J connectivity index is 2.27. The maximum absolute atomic E-state index is 13.6. The average molecular weight is 347 g/mol. The fourth-order valence-electron chi connectivity index (χ4n) is 1.85. The number of nitrogens with two attached hydrogens (primary N) is 1. The van der Waals surface area contributed by atoms with Gasteiger partial charge < -0.3 is 5.73 Å². The van der Waals surface area contributed by atoms with E-state index in [4.69, 9.17) is 17.3 Å². The Morgan fingerprint density at radius 2 is 1.89 bits per heavy atom. The molecule has 100 valence electrons. The number of hydrogen-bond acceptors (Lipinski definition) is 1. The van der Waals surface area contributed by atoms with Crippen LogP contribution >= 0.6 is 27.5 Å². The molecule has 0 radical (unpaired) electrons. The Hall–Kier alpha value is -0.970. The van der Waals surface area contributed by atoms with E-state index in [1.807, 2.05) is 0 Å². The van der Waals surface area contributed by atoms with Crippen LogP contribution in [0.5, 0.6) is 0 Å². The number of halogens is 4. The second-order valence-corrected chi connectivity index (χ2v) is 5.50. The SMILES string of the molecule is NC(Cc1cc(F)ccc1F)c1cc(Cl)ccc1Br. The van der Waals surface area contributed by atoms with Crippen molar-refractivity contribution in [3.8, 4) is 0 Å². The summed E-state index contributed by atoms with van der Waals surface area (Å²) in [6.07, 6.45) is 0.197. The first-order valence-corrected chi connectivity index (χ1v) is 6.79. The van der Waals surface area contributed by atoms with E-state index < -0.39 is 17.7 Å². The van der Waals surface area contributed by atoms with E-state index in [-0.39, 0.29) is 12.0 Å². The molecule has 0 spiro atoms. The summed E-state index contributed by atoms with van der Waals surface area (Å²) in [5, 5.41) is 0.549. The minimum Gasteiger partial charge on any atom is -0.324 e. The number of benzene rings is 2. The van der Waals surface area contributed by atoms with Gasteiger partial charge in [0, 0.05) is 15.5 Å². The Bertz CT molecular complexity index is 604. The van der Waals surface area contributed by atoms with Crippen molar-refractivity contribution >= 4 is 27.5 Å². The van der Waals surface area contributed by atoms with E-state index in [1.54, 1.807) is 18.2 Å². The fraction of sp³-hybridized carbons (Fsp3) is 0.143. The molecule has 0 saturated carbocycles. The molecule has 19 heavy (non-hydrogen) atoms. The van der Waals surface area contributed by atoms with E-state index in [0.717, 1.165) is 28.2 Å². The van der Waals surface area contributed by atoms with Crippen LogP contribution in [0.1, 0.15) is 17.2 Å². The van der Waals surface area contributed by atoms with Crippen molar-refractivity contribution in [1.82, 2.24) is 0 Å². The molecule has 2 N–H and O–H groups in total. The fourth-order valence-corrected chi connectivity index (χ4v) is 2.57. The number of rotatable bonds is 3. The lowest BCUT2D eigenvalue weighted by Crippen LogP contribution is -2.15. The first-order chi connectivity index (χ1) is 8.97. The van der Waals surface area contributed by atoms with Crippen LogP contribution in [0.2, 0.25) is 5.02 Å². The van der Waals surface area contributed by atoms with E-state index in [9.17, 15) is 8.78 Å². The molecule has 0 aliphatic carbocycles. The van der Waals surface area contributed by atoms with Crippen LogP contribution in [0.4, 0.5) is 8.78 Å². The first-order valence-electron chi connectivity index (χ1n) is 5.62. The second kappa shape index (κ2) is 5.99. The quantitative estimate of drug-likeness (QED) is 0.862. The van der Waals surface area contributed by atoms with Crippen LogP contribution in [0.25, 0.3) is 0 Å². The molecule has 0 aliphatic heterocycles. The van der Waals surface area contributed by atoms with Gasteiger partial charge in [0.05, 0.1) is 0 Å². The number of hydrogen-bond donors (Lipinski definition) is 1. The van der Waals surface area contributed by atoms with Gasteiger partial charge in [-0.3, -0.25) is 0 Å². The molecule has 0 heterocycles. The lowest BCUT2D eigenvalue weighted by atomic mass is 9.99. The Labute approximate surface area is 123 Å². The van der Waals surface area contributed by atoms with Crippen molar-refractivity contribution in [1.29, 1.82) is 0 Å². The van der Waals surface area contributed by atoms with Crippen molar-refractivity contribution in [2.24, 2.45) is 5.73 Å². The van der Waals surface area contributed by atoms with Gasteiger partial charge in [-0.05, 0) is 53.9 Å². The van der Waals surface area contributed by atoms with Gasteiger partial charge >= 0.3 is 0 Å². The van der Waals surface area contributed by atoms with Gasteiger partial charge in [0.1, 0.15) is 11.6 Å². The van der Waals surface area contributed by atoms with Crippen LogP contribution in [-0.2, 0) is 6.42 Å². The molecule has 1 unspecified atom stereocenters. The van der Waals surface area contributed by atoms with Crippen molar-refractivity contribution in [3.63, 3.8) is 0 Å². The van der Waals surface area contributed by atoms with Crippen LogP contribution < -0.4 is 5.73 Å². The molecule has 1 nitrogen and oxygen atoms in total. The topological polar surface area (TPSA) is 26.0 Å². The lowest BCUT2D eigenvalue weighted by molar-refractivity contribution is 0.572. The monoisotopic (exact) mass is 345 g/mol. The summed E-state index contributed by atoms with van der Waals surface area (Å²) < 4.78 is 27.5. The largest absolute Gasteiger partial charge is 0.324 e. The van der Waals surface area contributed by atoms with Gasteiger partial charge in [-0.1, -0.05) is 27.5 Å². The highest BCUT2D eigenvalue weighted by Gasteiger charge is 2.14. The van der Waals surface area contributed by atoms with Gasteiger partial charge in [0.15, 0.2) is 0 Å². The van der Waals surface area contributed by atoms with Crippen molar-refractivity contribution < 1.29 is 8.78 Å². The van der Waals surface area contributed by atoms with Crippen molar-refractivity contribution in [3.05, 3.63) is 68.7 Å². The summed E-state index contributed by atoms with van der Waals surface area (Å²) >= 11 is 9.28. The standard InChI is InChI=1S/C14H11BrClF2N/c15-12-3-1-9(16)7-11(12)14(19)6-8-5-10(17)2-4-13(8)18/h1-5,7,14H,6,19H2. The summed E-state index contributed by atoms with van der Waals surface area (Å²) in [5.41, 5.74) is 7.05. The molecule has 0 saturated heterocycles. The molecule has 5 heteroatoms. The zero-order valence-electron chi connectivity index (χ0n) is 9.84. The lowest BCUT2D eigenvalue weighted by Gasteiger charge is -2.15. The molecule has 2 rings (SSSR count). The zero-order valence-corrected chi connectivity index (χ0v) is 12.2. The highest BCUT2D eigenvalue weighted by atomic mass is 79.9. The first kappa shape index (κ1) is 14.4. The van der Waals surface area contributed by atoms with E-state index >= 15 is 0 Å². The molecule has 0 fully saturated rings. The Morgan fingerprint density at radius 1 is 1.16 bits per heavy atom. The maximum Gasteiger partial charge on any atom is 0.126 e. The van der Waals surface area contributed by atoms with Gasteiger partial charge in [0.25, 0.3) is 0 Å². The molecule has 2 aromatic rings. The zero-order chi connectivity index (χ0) is 14.0. The Morgan fingerprint density at radius 3 is 2.63 bits per heavy atom. The summed E-state index contributed by atoms with van der Waals surface area (Å²) in [6.45, 7) is 0. The molecule has 1 atom stereocenters. The molecule has 0 amide bonds. The molecule has 0 bridgehead atoms. The Kier molecular flexibility index (Phi) is 4.55. The highest BCUT2D eigenvalue weighted by Crippen LogP contribution is 2.28. The third-order valence-electron chi connectivity index (χ3n) is 2.81. The second-order valence-electron chi connectivity index (χ2n) is 4.21.